The Morgan fingerprint density at radius 1 is 1.17 bits per heavy atom. The lowest BCUT2D eigenvalue weighted by Crippen LogP contribution is -2.39. The summed E-state index contributed by atoms with van der Waals surface area (Å²) >= 11 is 0. The molecule has 1 N–H and O–H groups in total. The summed E-state index contributed by atoms with van der Waals surface area (Å²) in [7, 11) is 0. The Kier molecular flexibility index (Phi) is 3.98. The number of carbonyl (C=O) groups excluding carboxylic acids is 1. The molecule has 0 saturated heterocycles. The van der Waals surface area contributed by atoms with Crippen molar-refractivity contribution in [2.75, 3.05) is 0 Å². The minimum atomic E-state index is 0.0439. The van der Waals surface area contributed by atoms with E-state index in [2.05, 4.69) is 20.4 Å². The van der Waals surface area contributed by atoms with Crippen molar-refractivity contribution < 1.29 is 4.79 Å². The molecule has 0 bridgehead atoms. The highest BCUT2D eigenvalue weighted by atomic mass is 16.2. The number of nitrogens with zero attached hydrogens (tertiary/aromatic N) is 5. The second-order valence-electron chi connectivity index (χ2n) is 6.31. The van der Waals surface area contributed by atoms with Crippen LogP contribution in [-0.4, -0.2) is 36.3 Å². The molecule has 2 aromatic heterocycles. The fourth-order valence-corrected chi connectivity index (χ4v) is 3.45. The molecule has 124 valence electrons. The number of para-hydroxylation sites is 2. The van der Waals surface area contributed by atoms with Crippen LogP contribution in [0.25, 0.3) is 11.0 Å². The second-order valence-corrected chi connectivity index (χ2v) is 6.31. The van der Waals surface area contributed by atoms with Gasteiger partial charge in [-0.2, -0.15) is 5.10 Å². The summed E-state index contributed by atoms with van der Waals surface area (Å²) in [6.45, 7) is 0.309. The van der Waals surface area contributed by atoms with Crippen molar-refractivity contribution in [2.45, 2.75) is 44.3 Å². The quantitative estimate of drug-likeness (QED) is 0.795. The van der Waals surface area contributed by atoms with E-state index >= 15 is 0 Å². The molecule has 1 amide bonds. The Hall–Kier alpha value is -2.70. The van der Waals surface area contributed by atoms with Gasteiger partial charge in [0.15, 0.2) is 0 Å². The van der Waals surface area contributed by atoms with E-state index in [1.807, 2.05) is 33.5 Å². The largest absolute Gasteiger partial charge is 0.352 e. The van der Waals surface area contributed by atoms with Gasteiger partial charge in [0.1, 0.15) is 19.2 Å². The first kappa shape index (κ1) is 14.9. The summed E-state index contributed by atoms with van der Waals surface area (Å²) in [5.74, 6) is 0.0439. The number of benzene rings is 1. The third-order valence-electron chi connectivity index (χ3n) is 4.71. The molecular formula is C17H20N6O. The molecule has 0 spiro atoms. The molecule has 4 rings (SSSR count). The van der Waals surface area contributed by atoms with Crippen molar-refractivity contribution in [3.63, 3.8) is 0 Å². The van der Waals surface area contributed by atoms with Crippen LogP contribution in [0.2, 0.25) is 0 Å². The van der Waals surface area contributed by atoms with Gasteiger partial charge in [0.05, 0.1) is 23.4 Å². The van der Waals surface area contributed by atoms with Gasteiger partial charge in [-0.25, -0.2) is 14.6 Å². The maximum Gasteiger partial charge on any atom is 0.240 e. The first-order valence-electron chi connectivity index (χ1n) is 8.33. The van der Waals surface area contributed by atoms with Crippen molar-refractivity contribution in [1.82, 2.24) is 29.6 Å². The predicted octanol–water partition coefficient (Wildman–Crippen LogP) is 1.93. The summed E-state index contributed by atoms with van der Waals surface area (Å²) < 4.78 is 3.82. The molecular weight excluding hydrogens is 304 g/mol. The molecule has 7 heteroatoms. The molecule has 0 aliphatic heterocycles. The third kappa shape index (κ3) is 3.02. The van der Waals surface area contributed by atoms with Crippen LogP contribution in [0.4, 0.5) is 0 Å². The SMILES string of the molecule is O=C(Cn1cnc2ccccc21)NC1CCC(n2cncn2)CC1. The van der Waals surface area contributed by atoms with Gasteiger partial charge in [0.2, 0.25) is 5.91 Å². The standard InChI is InChI=1S/C17H20N6O/c24-17(9-22-12-19-15-3-1-2-4-16(15)22)21-13-5-7-14(8-6-13)23-11-18-10-20-23/h1-4,10-14H,5-9H2,(H,21,24). The molecule has 1 aliphatic carbocycles. The summed E-state index contributed by atoms with van der Waals surface area (Å²) in [5.41, 5.74) is 1.90. The first-order valence-corrected chi connectivity index (χ1v) is 8.33. The number of amides is 1. The predicted molar refractivity (Wildman–Crippen MR) is 89.2 cm³/mol. The highest BCUT2D eigenvalue weighted by Crippen LogP contribution is 2.27. The van der Waals surface area contributed by atoms with E-state index in [0.717, 1.165) is 36.7 Å². The number of carbonyl (C=O) groups is 1. The van der Waals surface area contributed by atoms with E-state index in [4.69, 9.17) is 0 Å². The third-order valence-corrected chi connectivity index (χ3v) is 4.71. The zero-order chi connectivity index (χ0) is 16.4. The van der Waals surface area contributed by atoms with Crippen LogP contribution in [0, 0.1) is 0 Å². The Balaban J connectivity index is 1.32. The number of rotatable bonds is 4. The number of hydrogen-bond donors (Lipinski definition) is 1. The van der Waals surface area contributed by atoms with Crippen molar-refractivity contribution in [3.8, 4) is 0 Å². The van der Waals surface area contributed by atoms with Crippen molar-refractivity contribution in [2.24, 2.45) is 0 Å². The number of hydrogen-bond acceptors (Lipinski definition) is 4. The lowest BCUT2D eigenvalue weighted by atomic mass is 9.91. The fourth-order valence-electron chi connectivity index (χ4n) is 3.45. The van der Waals surface area contributed by atoms with Crippen LogP contribution in [-0.2, 0) is 11.3 Å². The monoisotopic (exact) mass is 324 g/mol. The van der Waals surface area contributed by atoms with Gasteiger partial charge >= 0.3 is 0 Å². The molecule has 3 aromatic rings. The molecule has 1 aromatic carbocycles. The van der Waals surface area contributed by atoms with Crippen LogP contribution in [0.15, 0.2) is 43.2 Å². The lowest BCUT2D eigenvalue weighted by Gasteiger charge is -2.29. The van der Waals surface area contributed by atoms with Crippen LogP contribution in [0.5, 0.6) is 0 Å². The maximum atomic E-state index is 12.3. The molecule has 0 radical (unpaired) electrons. The van der Waals surface area contributed by atoms with E-state index in [0.29, 0.717) is 12.6 Å². The molecule has 1 saturated carbocycles. The van der Waals surface area contributed by atoms with E-state index in [-0.39, 0.29) is 11.9 Å². The Morgan fingerprint density at radius 3 is 2.79 bits per heavy atom. The average Bonchev–Trinajstić information content (AvgIpc) is 3.26. The van der Waals surface area contributed by atoms with Gasteiger partial charge in [-0.15, -0.1) is 0 Å². The number of imidazole rings is 1. The Morgan fingerprint density at radius 2 is 2.00 bits per heavy atom. The van der Waals surface area contributed by atoms with Gasteiger partial charge in [-0.3, -0.25) is 4.79 Å². The highest BCUT2D eigenvalue weighted by molar-refractivity contribution is 5.80. The number of nitrogens with one attached hydrogen (secondary N) is 1. The Bertz CT molecular complexity index is 817. The topological polar surface area (TPSA) is 77.6 Å². The number of aromatic nitrogens is 5. The van der Waals surface area contributed by atoms with Gasteiger partial charge in [-0.1, -0.05) is 12.1 Å². The molecule has 24 heavy (non-hydrogen) atoms. The zero-order valence-corrected chi connectivity index (χ0v) is 13.4. The smallest absolute Gasteiger partial charge is 0.240 e. The molecule has 1 fully saturated rings. The minimum Gasteiger partial charge on any atom is -0.352 e. The second kappa shape index (κ2) is 6.43. The van der Waals surface area contributed by atoms with Crippen LogP contribution >= 0.6 is 0 Å². The molecule has 0 atom stereocenters. The van der Waals surface area contributed by atoms with Gasteiger partial charge in [-0.05, 0) is 37.8 Å². The normalized spacial score (nSPS) is 21.0. The van der Waals surface area contributed by atoms with Crippen molar-refractivity contribution >= 4 is 16.9 Å². The molecule has 7 nitrogen and oxygen atoms in total. The van der Waals surface area contributed by atoms with Gasteiger partial charge in [0.25, 0.3) is 0 Å². The van der Waals surface area contributed by atoms with Crippen molar-refractivity contribution in [1.29, 1.82) is 0 Å². The fraction of sp³-hybridized carbons (Fsp3) is 0.412. The van der Waals surface area contributed by atoms with E-state index in [1.165, 1.54) is 0 Å². The van der Waals surface area contributed by atoms with Crippen molar-refractivity contribution in [3.05, 3.63) is 43.2 Å². The summed E-state index contributed by atoms with van der Waals surface area (Å²) in [5, 5.41) is 7.37. The number of fused-ring (bicyclic) bond motifs is 1. The van der Waals surface area contributed by atoms with Crippen LogP contribution in [0.1, 0.15) is 31.7 Å². The average molecular weight is 324 g/mol. The van der Waals surface area contributed by atoms with E-state index in [9.17, 15) is 4.79 Å². The summed E-state index contributed by atoms with van der Waals surface area (Å²) in [4.78, 5) is 20.7. The van der Waals surface area contributed by atoms with Crippen LogP contribution in [0.3, 0.4) is 0 Å². The van der Waals surface area contributed by atoms with E-state index < -0.39 is 0 Å². The maximum absolute atomic E-state index is 12.3. The zero-order valence-electron chi connectivity index (χ0n) is 13.4. The molecule has 1 aliphatic rings. The lowest BCUT2D eigenvalue weighted by molar-refractivity contribution is -0.122. The molecule has 0 unspecified atom stereocenters. The molecule has 2 heterocycles. The summed E-state index contributed by atoms with van der Waals surface area (Å²) in [6, 6.07) is 8.50. The summed E-state index contributed by atoms with van der Waals surface area (Å²) in [6.07, 6.45) is 9.05. The van der Waals surface area contributed by atoms with Crippen LogP contribution < -0.4 is 5.32 Å². The Labute approximate surface area is 139 Å². The minimum absolute atomic E-state index is 0.0439. The highest BCUT2D eigenvalue weighted by Gasteiger charge is 2.24. The van der Waals surface area contributed by atoms with Gasteiger partial charge in [0, 0.05) is 6.04 Å². The van der Waals surface area contributed by atoms with E-state index in [1.54, 1.807) is 19.0 Å². The first-order chi connectivity index (χ1) is 11.8. The van der Waals surface area contributed by atoms with Gasteiger partial charge < -0.3 is 9.88 Å².